The fraction of sp³-hybridized carbons (Fsp3) is 0.423. The third-order valence-electron chi connectivity index (χ3n) is 5.88. The zero-order valence-corrected chi connectivity index (χ0v) is 20.3. The lowest BCUT2D eigenvalue weighted by Gasteiger charge is -2.40. The molecule has 1 heterocycles. The number of anilines is 2. The van der Waals surface area contributed by atoms with Gasteiger partial charge in [0.25, 0.3) is 5.91 Å². The Balaban J connectivity index is 1.56. The molecule has 1 atom stereocenters. The van der Waals surface area contributed by atoms with Gasteiger partial charge in [0.1, 0.15) is 0 Å². The molecule has 2 aromatic rings. The first-order valence-electron chi connectivity index (χ1n) is 11.6. The van der Waals surface area contributed by atoms with E-state index in [9.17, 15) is 14.4 Å². The molecule has 0 radical (unpaired) electrons. The first-order valence-corrected chi connectivity index (χ1v) is 11.6. The maximum Gasteiger partial charge on any atom is 0.337 e. The van der Waals surface area contributed by atoms with E-state index in [2.05, 4.69) is 27.4 Å². The Kier molecular flexibility index (Phi) is 8.65. The van der Waals surface area contributed by atoms with Gasteiger partial charge in [0.2, 0.25) is 5.91 Å². The number of hydrogen-bond acceptors (Lipinski definition) is 6. The fourth-order valence-corrected chi connectivity index (χ4v) is 3.95. The van der Waals surface area contributed by atoms with Crippen molar-refractivity contribution in [2.24, 2.45) is 5.92 Å². The Labute approximate surface area is 201 Å². The molecule has 1 aliphatic rings. The summed E-state index contributed by atoms with van der Waals surface area (Å²) in [6, 6.07) is 14.6. The van der Waals surface area contributed by atoms with Gasteiger partial charge in [-0.25, -0.2) is 4.79 Å². The van der Waals surface area contributed by atoms with Crippen LogP contribution >= 0.6 is 0 Å². The number of benzene rings is 2. The summed E-state index contributed by atoms with van der Waals surface area (Å²) >= 11 is 0. The average molecular weight is 467 g/mol. The summed E-state index contributed by atoms with van der Waals surface area (Å²) in [7, 11) is 1.37. The third kappa shape index (κ3) is 6.57. The molecule has 0 saturated carbocycles. The van der Waals surface area contributed by atoms with E-state index in [1.807, 2.05) is 32.0 Å². The van der Waals surface area contributed by atoms with E-state index in [1.165, 1.54) is 7.11 Å². The lowest BCUT2D eigenvalue weighted by atomic mass is 10.1. The molecule has 2 aromatic carbocycles. The topological polar surface area (TPSA) is 91.0 Å². The summed E-state index contributed by atoms with van der Waals surface area (Å²) in [5.74, 6) is -0.344. The number of esters is 1. The number of piperazine rings is 1. The number of hydrogen-bond donors (Lipinski definition) is 2. The van der Waals surface area contributed by atoms with Crippen molar-refractivity contribution >= 4 is 29.2 Å². The van der Waals surface area contributed by atoms with Crippen molar-refractivity contribution < 1.29 is 19.1 Å². The molecule has 34 heavy (non-hydrogen) atoms. The summed E-state index contributed by atoms with van der Waals surface area (Å²) in [5.41, 5.74) is 2.54. The Morgan fingerprint density at radius 1 is 1.06 bits per heavy atom. The van der Waals surface area contributed by atoms with Gasteiger partial charge in [-0.05, 0) is 49.2 Å². The number of methoxy groups -OCH3 is 1. The third-order valence-corrected chi connectivity index (χ3v) is 5.88. The predicted octanol–water partition coefficient (Wildman–Crippen LogP) is 3.01. The van der Waals surface area contributed by atoms with Crippen LogP contribution in [0.2, 0.25) is 0 Å². The van der Waals surface area contributed by atoms with Crippen LogP contribution < -0.4 is 15.5 Å². The van der Waals surface area contributed by atoms with E-state index >= 15 is 0 Å². The van der Waals surface area contributed by atoms with Crippen molar-refractivity contribution in [3.8, 4) is 0 Å². The van der Waals surface area contributed by atoms with Gasteiger partial charge in [0, 0.05) is 37.9 Å². The summed E-state index contributed by atoms with van der Waals surface area (Å²) in [6.45, 7) is 9.24. The molecular weight excluding hydrogens is 432 g/mol. The molecule has 182 valence electrons. The van der Waals surface area contributed by atoms with Gasteiger partial charge in [-0.2, -0.15) is 0 Å². The number of amides is 2. The summed E-state index contributed by atoms with van der Waals surface area (Å²) in [5, 5.41) is 5.82. The molecule has 0 aromatic heterocycles. The highest BCUT2D eigenvalue weighted by atomic mass is 16.5. The normalized spacial score (nSPS) is 16.3. The van der Waals surface area contributed by atoms with Crippen molar-refractivity contribution in [1.82, 2.24) is 10.2 Å². The van der Waals surface area contributed by atoms with Crippen LogP contribution in [0, 0.1) is 5.92 Å². The molecule has 0 bridgehead atoms. The standard InChI is InChI=1S/C26H34N4O4/c1-18(2)15-27-25(32)22-7-5-6-8-23(22)28-24(31)17-29-13-14-30(16-19(29)3)21-11-9-20(10-12-21)26(33)34-4/h5-12,18-19H,13-17H2,1-4H3,(H,27,32)(H,28,31). The van der Waals surface area contributed by atoms with E-state index in [1.54, 1.807) is 30.3 Å². The minimum atomic E-state index is -0.352. The van der Waals surface area contributed by atoms with Gasteiger partial charge >= 0.3 is 5.97 Å². The van der Waals surface area contributed by atoms with Crippen LogP contribution in [0.4, 0.5) is 11.4 Å². The zero-order chi connectivity index (χ0) is 24.7. The first-order chi connectivity index (χ1) is 16.3. The van der Waals surface area contributed by atoms with Gasteiger partial charge < -0.3 is 20.3 Å². The second-order valence-electron chi connectivity index (χ2n) is 9.00. The van der Waals surface area contributed by atoms with Crippen LogP contribution in [-0.4, -0.2) is 68.6 Å². The highest BCUT2D eigenvalue weighted by Crippen LogP contribution is 2.21. The number of ether oxygens (including phenoxy) is 1. The van der Waals surface area contributed by atoms with Crippen LogP contribution in [0.3, 0.4) is 0 Å². The van der Waals surface area contributed by atoms with Crippen LogP contribution in [0.5, 0.6) is 0 Å². The molecule has 3 rings (SSSR count). The number of nitrogens with one attached hydrogen (secondary N) is 2. The van der Waals surface area contributed by atoms with Crippen molar-refractivity contribution in [3.63, 3.8) is 0 Å². The van der Waals surface area contributed by atoms with Gasteiger partial charge in [-0.1, -0.05) is 26.0 Å². The minimum Gasteiger partial charge on any atom is -0.465 e. The van der Waals surface area contributed by atoms with Gasteiger partial charge in [-0.15, -0.1) is 0 Å². The number of carbonyl (C=O) groups is 3. The van der Waals surface area contributed by atoms with E-state index < -0.39 is 0 Å². The molecule has 2 amide bonds. The molecule has 1 fully saturated rings. The molecule has 1 unspecified atom stereocenters. The quantitative estimate of drug-likeness (QED) is 0.582. The monoisotopic (exact) mass is 466 g/mol. The summed E-state index contributed by atoms with van der Waals surface area (Å²) in [6.07, 6.45) is 0. The van der Waals surface area contributed by atoms with Crippen molar-refractivity contribution in [3.05, 3.63) is 59.7 Å². The van der Waals surface area contributed by atoms with Gasteiger partial charge in [-0.3, -0.25) is 14.5 Å². The second kappa shape index (κ2) is 11.7. The minimum absolute atomic E-state index is 0.146. The van der Waals surface area contributed by atoms with Crippen molar-refractivity contribution in [1.29, 1.82) is 0 Å². The van der Waals surface area contributed by atoms with Crippen LogP contribution in [0.15, 0.2) is 48.5 Å². The number of para-hydroxylation sites is 1. The predicted molar refractivity (Wildman–Crippen MR) is 133 cm³/mol. The van der Waals surface area contributed by atoms with Gasteiger partial charge in [0.05, 0.1) is 30.5 Å². The highest BCUT2D eigenvalue weighted by Gasteiger charge is 2.26. The van der Waals surface area contributed by atoms with E-state index in [0.29, 0.717) is 29.3 Å². The highest BCUT2D eigenvalue weighted by molar-refractivity contribution is 6.04. The van der Waals surface area contributed by atoms with Crippen molar-refractivity contribution in [2.45, 2.75) is 26.8 Å². The fourth-order valence-electron chi connectivity index (χ4n) is 3.95. The summed E-state index contributed by atoms with van der Waals surface area (Å²) < 4.78 is 4.75. The van der Waals surface area contributed by atoms with Crippen LogP contribution in [-0.2, 0) is 9.53 Å². The van der Waals surface area contributed by atoms with E-state index in [4.69, 9.17) is 4.74 Å². The Bertz CT molecular complexity index is 1010. The molecular formula is C26H34N4O4. The molecule has 1 saturated heterocycles. The van der Waals surface area contributed by atoms with Crippen LogP contribution in [0.25, 0.3) is 0 Å². The molecule has 0 spiro atoms. The number of carbonyl (C=O) groups excluding carboxylic acids is 3. The molecule has 8 heteroatoms. The molecule has 2 N–H and O–H groups in total. The Morgan fingerprint density at radius 2 is 1.76 bits per heavy atom. The average Bonchev–Trinajstić information content (AvgIpc) is 2.83. The largest absolute Gasteiger partial charge is 0.465 e. The molecule has 0 aliphatic carbocycles. The number of rotatable bonds is 8. The molecule has 1 aliphatic heterocycles. The maximum absolute atomic E-state index is 12.8. The second-order valence-corrected chi connectivity index (χ2v) is 9.00. The van der Waals surface area contributed by atoms with Crippen LogP contribution in [0.1, 0.15) is 41.5 Å². The Hall–Kier alpha value is -3.39. The smallest absolute Gasteiger partial charge is 0.337 e. The SMILES string of the molecule is COC(=O)c1ccc(N2CCN(CC(=O)Nc3ccccc3C(=O)NCC(C)C)C(C)C2)cc1. The first kappa shape index (κ1) is 25.2. The number of nitrogens with zero attached hydrogens (tertiary/aromatic N) is 2. The van der Waals surface area contributed by atoms with E-state index in [0.717, 1.165) is 25.3 Å². The lowest BCUT2D eigenvalue weighted by molar-refractivity contribution is -0.117. The van der Waals surface area contributed by atoms with E-state index in [-0.39, 0.29) is 30.4 Å². The maximum atomic E-state index is 12.8. The van der Waals surface area contributed by atoms with Gasteiger partial charge in [0.15, 0.2) is 0 Å². The van der Waals surface area contributed by atoms with Crippen molar-refractivity contribution in [2.75, 3.05) is 50.1 Å². The molecule has 8 nitrogen and oxygen atoms in total. The Morgan fingerprint density at radius 3 is 2.41 bits per heavy atom. The summed E-state index contributed by atoms with van der Waals surface area (Å²) in [4.78, 5) is 41.4. The lowest BCUT2D eigenvalue weighted by Crippen LogP contribution is -2.53. The zero-order valence-electron chi connectivity index (χ0n) is 20.3.